The molecule has 0 atom stereocenters. The summed E-state index contributed by atoms with van der Waals surface area (Å²) in [5, 5.41) is 0.813. The van der Waals surface area contributed by atoms with Gasteiger partial charge in [-0.25, -0.2) is 4.98 Å². The van der Waals surface area contributed by atoms with Crippen LogP contribution in [0, 0.1) is 5.92 Å². The number of thioether (sulfide) groups is 1. The van der Waals surface area contributed by atoms with E-state index >= 15 is 0 Å². The highest BCUT2D eigenvalue weighted by molar-refractivity contribution is 7.99. The van der Waals surface area contributed by atoms with Crippen molar-refractivity contribution in [3.63, 3.8) is 0 Å². The van der Waals surface area contributed by atoms with Gasteiger partial charge in [0, 0.05) is 13.5 Å². The summed E-state index contributed by atoms with van der Waals surface area (Å²) in [5.74, 6) is 0.112. The number of aromatic nitrogens is 2. The molecule has 1 heterocycles. The summed E-state index contributed by atoms with van der Waals surface area (Å²) in [5.41, 5.74) is 6.62. The Bertz CT molecular complexity index is 681. The van der Waals surface area contributed by atoms with Crippen LogP contribution < -0.4 is 10.9 Å². The predicted molar refractivity (Wildman–Crippen MR) is 87.3 cm³/mol. The second-order valence-corrected chi connectivity index (χ2v) is 6.35. The van der Waals surface area contributed by atoms with E-state index in [1.54, 1.807) is 0 Å². The zero-order valence-corrected chi connectivity index (χ0v) is 13.7. The summed E-state index contributed by atoms with van der Waals surface area (Å²) >= 11 is 1.36. The van der Waals surface area contributed by atoms with Gasteiger partial charge in [-0.3, -0.25) is 20.4 Å². The normalized spacial score (nSPS) is 10.9. The highest BCUT2D eigenvalue weighted by atomic mass is 32.2. The lowest BCUT2D eigenvalue weighted by Gasteiger charge is -2.11. The molecule has 118 valence electrons. The highest BCUT2D eigenvalue weighted by Crippen LogP contribution is 2.25. The Hall–Kier alpha value is -2.02. The third-order valence-corrected chi connectivity index (χ3v) is 3.85. The van der Waals surface area contributed by atoms with Crippen molar-refractivity contribution in [3.8, 4) is 0 Å². The third-order valence-electron chi connectivity index (χ3n) is 2.88. The molecule has 0 aliphatic heterocycles. The fourth-order valence-electron chi connectivity index (χ4n) is 2.03. The molecule has 0 fully saturated rings. The van der Waals surface area contributed by atoms with E-state index in [2.05, 4.69) is 34.3 Å². The number of carbonyl (C=O) groups excluding carboxylic acids is 2. The molecule has 0 radical (unpaired) electrons. The van der Waals surface area contributed by atoms with Gasteiger partial charge in [0.25, 0.3) is 0 Å². The monoisotopic (exact) mass is 320 g/mol. The van der Waals surface area contributed by atoms with Crippen LogP contribution in [0.1, 0.15) is 20.8 Å². The molecule has 0 bridgehead atoms. The van der Waals surface area contributed by atoms with Crippen LogP contribution in [-0.4, -0.2) is 27.1 Å². The fraction of sp³-hybridized carbons (Fsp3) is 0.400. The van der Waals surface area contributed by atoms with Gasteiger partial charge in [-0.2, -0.15) is 0 Å². The quantitative estimate of drug-likeness (QED) is 0.652. The zero-order chi connectivity index (χ0) is 16.1. The van der Waals surface area contributed by atoms with E-state index in [0.29, 0.717) is 5.92 Å². The molecule has 0 aliphatic rings. The number of carbonyl (C=O) groups is 2. The Morgan fingerprint density at radius 1 is 1.27 bits per heavy atom. The van der Waals surface area contributed by atoms with Gasteiger partial charge in [0.15, 0.2) is 5.16 Å². The van der Waals surface area contributed by atoms with Gasteiger partial charge in [-0.15, -0.1) is 0 Å². The number of para-hydroxylation sites is 2. The summed E-state index contributed by atoms with van der Waals surface area (Å²) in [6.07, 6.45) is 0. The minimum atomic E-state index is -0.301. The molecule has 0 unspecified atom stereocenters. The van der Waals surface area contributed by atoms with Crippen molar-refractivity contribution in [2.45, 2.75) is 32.5 Å². The van der Waals surface area contributed by atoms with Crippen LogP contribution in [0.5, 0.6) is 0 Å². The van der Waals surface area contributed by atoms with Crippen LogP contribution in [0.25, 0.3) is 11.0 Å². The topological polar surface area (TPSA) is 76.0 Å². The van der Waals surface area contributed by atoms with Crippen LogP contribution in [0.3, 0.4) is 0 Å². The molecule has 2 amide bonds. The number of benzene rings is 1. The number of imidazole rings is 1. The highest BCUT2D eigenvalue weighted by Gasteiger charge is 2.13. The molecule has 22 heavy (non-hydrogen) atoms. The lowest BCUT2D eigenvalue weighted by Crippen LogP contribution is -2.41. The summed E-state index contributed by atoms with van der Waals surface area (Å²) in [4.78, 5) is 27.0. The fourth-order valence-corrected chi connectivity index (χ4v) is 2.85. The largest absolute Gasteiger partial charge is 0.319 e. The third kappa shape index (κ3) is 4.24. The van der Waals surface area contributed by atoms with E-state index in [1.165, 1.54) is 18.7 Å². The van der Waals surface area contributed by atoms with Crippen molar-refractivity contribution in [3.05, 3.63) is 24.3 Å². The molecule has 0 saturated carbocycles. The number of hydrazine groups is 1. The first-order chi connectivity index (χ1) is 10.5. The number of rotatable bonds is 5. The second kappa shape index (κ2) is 7.31. The van der Waals surface area contributed by atoms with Crippen molar-refractivity contribution in [2.24, 2.45) is 5.92 Å². The van der Waals surface area contributed by atoms with Crippen molar-refractivity contribution in [1.82, 2.24) is 20.4 Å². The Morgan fingerprint density at radius 2 is 2.00 bits per heavy atom. The van der Waals surface area contributed by atoms with Crippen molar-refractivity contribution in [1.29, 1.82) is 0 Å². The second-order valence-electron chi connectivity index (χ2n) is 5.41. The van der Waals surface area contributed by atoms with Gasteiger partial charge < -0.3 is 4.57 Å². The van der Waals surface area contributed by atoms with E-state index < -0.39 is 0 Å². The molecule has 2 rings (SSSR count). The van der Waals surface area contributed by atoms with Crippen molar-refractivity contribution < 1.29 is 9.59 Å². The van der Waals surface area contributed by atoms with E-state index in [9.17, 15) is 9.59 Å². The summed E-state index contributed by atoms with van der Waals surface area (Å²) in [7, 11) is 0. The molecular weight excluding hydrogens is 300 g/mol. The lowest BCUT2D eigenvalue weighted by molar-refractivity contribution is -0.126. The molecule has 0 spiro atoms. The maximum Gasteiger partial charge on any atom is 0.248 e. The van der Waals surface area contributed by atoms with Gasteiger partial charge in [-0.1, -0.05) is 37.7 Å². The summed E-state index contributed by atoms with van der Waals surface area (Å²) in [6.45, 7) is 6.48. The smallest absolute Gasteiger partial charge is 0.248 e. The molecule has 0 aliphatic carbocycles. The Balaban J connectivity index is 2.12. The van der Waals surface area contributed by atoms with E-state index in [0.717, 1.165) is 22.7 Å². The number of amides is 2. The molecule has 1 aromatic heterocycles. The summed E-state index contributed by atoms with van der Waals surface area (Å²) in [6, 6.07) is 7.94. The van der Waals surface area contributed by atoms with Crippen LogP contribution in [0.2, 0.25) is 0 Å². The molecule has 6 nitrogen and oxygen atoms in total. The first-order valence-electron chi connectivity index (χ1n) is 7.11. The first kappa shape index (κ1) is 16.4. The average Bonchev–Trinajstić information content (AvgIpc) is 2.80. The van der Waals surface area contributed by atoms with E-state index in [4.69, 9.17) is 0 Å². The number of hydrogen-bond acceptors (Lipinski definition) is 4. The van der Waals surface area contributed by atoms with Crippen molar-refractivity contribution in [2.75, 3.05) is 5.75 Å². The van der Waals surface area contributed by atoms with Crippen LogP contribution in [0.15, 0.2) is 29.4 Å². The van der Waals surface area contributed by atoms with Gasteiger partial charge >= 0.3 is 0 Å². The van der Waals surface area contributed by atoms with Crippen molar-refractivity contribution >= 4 is 34.6 Å². The predicted octanol–water partition coefficient (Wildman–Crippen LogP) is 1.95. The number of nitrogens with one attached hydrogen (secondary N) is 2. The van der Waals surface area contributed by atoms with E-state index in [1.807, 2.05) is 24.3 Å². The van der Waals surface area contributed by atoms with Gasteiger partial charge in [0.2, 0.25) is 11.8 Å². The van der Waals surface area contributed by atoms with E-state index in [-0.39, 0.29) is 17.6 Å². The maximum absolute atomic E-state index is 11.7. The Morgan fingerprint density at radius 3 is 2.68 bits per heavy atom. The van der Waals surface area contributed by atoms with Crippen LogP contribution >= 0.6 is 11.8 Å². The van der Waals surface area contributed by atoms with Crippen LogP contribution in [0.4, 0.5) is 0 Å². The van der Waals surface area contributed by atoms with Crippen LogP contribution in [-0.2, 0) is 16.1 Å². The SMILES string of the molecule is CC(=O)NNC(=O)CSc1nc2ccccc2n1CC(C)C. The molecular formula is C15H20N4O2S. The lowest BCUT2D eigenvalue weighted by atomic mass is 10.2. The average molecular weight is 320 g/mol. The molecule has 2 aromatic rings. The summed E-state index contributed by atoms with van der Waals surface area (Å²) < 4.78 is 2.14. The number of fused-ring (bicyclic) bond motifs is 1. The minimum Gasteiger partial charge on any atom is -0.319 e. The Kier molecular flexibility index (Phi) is 5.43. The number of nitrogens with zero attached hydrogens (tertiary/aromatic N) is 2. The molecule has 7 heteroatoms. The van der Waals surface area contributed by atoms with Gasteiger partial charge in [-0.05, 0) is 18.1 Å². The standard InChI is InChI=1S/C15H20N4O2S/c1-10(2)8-19-13-7-5-4-6-12(13)16-15(19)22-9-14(21)18-17-11(3)20/h4-7,10H,8-9H2,1-3H3,(H,17,20)(H,18,21). The molecule has 0 saturated heterocycles. The Labute approximate surface area is 133 Å². The molecule has 2 N–H and O–H groups in total. The van der Waals surface area contributed by atoms with Gasteiger partial charge in [0.05, 0.1) is 16.8 Å². The maximum atomic E-state index is 11.7. The number of hydrogen-bond donors (Lipinski definition) is 2. The molecule has 1 aromatic carbocycles. The zero-order valence-electron chi connectivity index (χ0n) is 12.9. The minimum absolute atomic E-state index is 0.196. The first-order valence-corrected chi connectivity index (χ1v) is 8.09. The van der Waals surface area contributed by atoms with Gasteiger partial charge in [0.1, 0.15) is 0 Å².